The Labute approximate surface area is 132 Å². The Morgan fingerprint density at radius 2 is 2.10 bits per heavy atom. The Balaban J connectivity index is 1.87. The Kier molecular flexibility index (Phi) is 5.57. The molecule has 0 saturated carbocycles. The fraction of sp³-hybridized carbons (Fsp3) is 0.600. The molecule has 1 aromatic carbocycles. The van der Waals surface area contributed by atoms with Crippen LogP contribution in [0.4, 0.5) is 5.69 Å². The fourth-order valence-corrected chi connectivity index (χ4v) is 5.39. The predicted octanol–water partition coefficient (Wildman–Crippen LogP) is 2.67. The van der Waals surface area contributed by atoms with Crippen molar-refractivity contribution in [2.75, 3.05) is 30.3 Å². The number of hydrogen-bond acceptors (Lipinski definition) is 4. The van der Waals surface area contributed by atoms with E-state index >= 15 is 0 Å². The lowest BCUT2D eigenvalue weighted by molar-refractivity contribution is 0.213. The zero-order chi connectivity index (χ0) is 15.5. The molecule has 0 aliphatic carbocycles. The molecule has 0 radical (unpaired) electrons. The normalized spacial score (nSPS) is 24.1. The molecule has 6 heteroatoms. The predicted molar refractivity (Wildman–Crippen MR) is 89.9 cm³/mol. The molecule has 21 heavy (non-hydrogen) atoms. The van der Waals surface area contributed by atoms with Crippen molar-refractivity contribution in [2.24, 2.45) is 11.8 Å². The molecule has 0 bridgehead atoms. The van der Waals surface area contributed by atoms with Crippen molar-refractivity contribution >= 4 is 27.5 Å². The first-order chi connectivity index (χ1) is 9.88. The zero-order valence-electron chi connectivity index (χ0n) is 12.7. The first kappa shape index (κ1) is 16.6. The van der Waals surface area contributed by atoms with Gasteiger partial charge in [0.05, 0.1) is 5.75 Å². The molecule has 1 aliphatic heterocycles. The smallest absolute Gasteiger partial charge is 0.214 e. The summed E-state index contributed by atoms with van der Waals surface area (Å²) in [6.45, 7) is 5.65. The van der Waals surface area contributed by atoms with Crippen LogP contribution < -0.4 is 5.73 Å². The highest BCUT2D eigenvalue weighted by molar-refractivity contribution is 8.00. The average Bonchev–Trinajstić information content (AvgIpc) is 2.41. The Morgan fingerprint density at radius 1 is 1.33 bits per heavy atom. The highest BCUT2D eigenvalue weighted by Gasteiger charge is 2.30. The third kappa shape index (κ3) is 4.63. The Hall–Kier alpha value is -0.720. The lowest BCUT2D eigenvalue weighted by Crippen LogP contribution is -2.43. The molecule has 1 aliphatic rings. The second kappa shape index (κ2) is 7.03. The molecular formula is C15H24N2O2S2. The van der Waals surface area contributed by atoms with E-state index in [0.29, 0.717) is 36.4 Å². The molecule has 0 amide bonds. The van der Waals surface area contributed by atoms with E-state index in [1.54, 1.807) is 16.1 Å². The number of rotatable bonds is 5. The summed E-state index contributed by atoms with van der Waals surface area (Å²) in [6.07, 6.45) is 0.961. The van der Waals surface area contributed by atoms with Crippen LogP contribution in [0.25, 0.3) is 0 Å². The molecule has 1 heterocycles. The van der Waals surface area contributed by atoms with Crippen molar-refractivity contribution in [2.45, 2.75) is 25.2 Å². The molecular weight excluding hydrogens is 304 g/mol. The number of hydrogen-bond donors (Lipinski definition) is 1. The summed E-state index contributed by atoms with van der Waals surface area (Å²) in [5.74, 6) is 1.80. The van der Waals surface area contributed by atoms with Gasteiger partial charge >= 0.3 is 0 Å². The number of piperidine rings is 1. The van der Waals surface area contributed by atoms with Gasteiger partial charge in [0.15, 0.2) is 0 Å². The third-order valence-electron chi connectivity index (χ3n) is 4.16. The molecule has 2 rings (SSSR count). The molecule has 0 spiro atoms. The second-order valence-electron chi connectivity index (χ2n) is 5.84. The van der Waals surface area contributed by atoms with Crippen molar-refractivity contribution in [1.29, 1.82) is 0 Å². The SMILES string of the molecule is CC1CCN(S(=O)(=O)CCSc2cccc(N)c2)CC1C. The van der Waals surface area contributed by atoms with Gasteiger partial charge < -0.3 is 5.73 Å². The molecule has 118 valence electrons. The maximum absolute atomic E-state index is 12.4. The van der Waals surface area contributed by atoms with Crippen LogP contribution in [0.1, 0.15) is 20.3 Å². The van der Waals surface area contributed by atoms with Crippen LogP contribution in [0.2, 0.25) is 0 Å². The number of thioether (sulfide) groups is 1. The van der Waals surface area contributed by atoms with Crippen molar-refractivity contribution in [1.82, 2.24) is 4.31 Å². The van der Waals surface area contributed by atoms with E-state index in [2.05, 4.69) is 13.8 Å². The van der Waals surface area contributed by atoms with E-state index in [9.17, 15) is 8.42 Å². The van der Waals surface area contributed by atoms with Crippen LogP contribution >= 0.6 is 11.8 Å². The van der Waals surface area contributed by atoms with Gasteiger partial charge in [0.2, 0.25) is 10.0 Å². The molecule has 4 nitrogen and oxygen atoms in total. The van der Waals surface area contributed by atoms with Crippen LogP contribution in [-0.4, -0.2) is 37.3 Å². The minimum Gasteiger partial charge on any atom is -0.399 e. The summed E-state index contributed by atoms with van der Waals surface area (Å²) < 4.78 is 26.4. The lowest BCUT2D eigenvalue weighted by atomic mass is 9.90. The molecule has 0 aromatic heterocycles. The molecule has 2 unspecified atom stereocenters. The van der Waals surface area contributed by atoms with Gasteiger partial charge in [-0.15, -0.1) is 11.8 Å². The molecule has 1 fully saturated rings. The third-order valence-corrected chi connectivity index (χ3v) is 7.25. The summed E-state index contributed by atoms with van der Waals surface area (Å²) in [4.78, 5) is 1.02. The maximum Gasteiger partial charge on any atom is 0.214 e. The van der Waals surface area contributed by atoms with Crippen molar-refractivity contribution in [3.8, 4) is 0 Å². The number of anilines is 1. The summed E-state index contributed by atoms with van der Waals surface area (Å²) in [5.41, 5.74) is 6.43. The van der Waals surface area contributed by atoms with E-state index in [0.717, 1.165) is 11.3 Å². The van der Waals surface area contributed by atoms with Gasteiger partial charge in [0.25, 0.3) is 0 Å². The quantitative estimate of drug-likeness (QED) is 0.667. The first-order valence-electron chi connectivity index (χ1n) is 7.34. The first-order valence-corrected chi connectivity index (χ1v) is 9.94. The van der Waals surface area contributed by atoms with Gasteiger partial charge in [0.1, 0.15) is 0 Å². The molecule has 1 saturated heterocycles. The summed E-state index contributed by atoms with van der Waals surface area (Å²) in [6, 6.07) is 7.55. The lowest BCUT2D eigenvalue weighted by Gasteiger charge is -2.34. The molecule has 2 atom stereocenters. The summed E-state index contributed by atoms with van der Waals surface area (Å²) in [5, 5.41) is 0. The summed E-state index contributed by atoms with van der Waals surface area (Å²) in [7, 11) is -3.14. The Bertz CT molecular complexity index is 575. The average molecular weight is 329 g/mol. The van der Waals surface area contributed by atoms with Gasteiger partial charge in [-0.3, -0.25) is 0 Å². The van der Waals surface area contributed by atoms with E-state index in [1.165, 1.54) is 0 Å². The van der Waals surface area contributed by atoms with Gasteiger partial charge in [-0.25, -0.2) is 12.7 Å². The fourth-order valence-electron chi connectivity index (χ4n) is 2.48. The standard InChI is InChI=1S/C15H24N2O2S2/c1-12-6-7-17(11-13(12)2)21(18,19)9-8-20-15-5-3-4-14(16)10-15/h3-5,10,12-13H,6-9,11,16H2,1-2H3. The van der Waals surface area contributed by atoms with Crippen LogP contribution in [0.5, 0.6) is 0 Å². The minimum atomic E-state index is -3.14. The van der Waals surface area contributed by atoms with E-state index in [1.807, 2.05) is 24.3 Å². The van der Waals surface area contributed by atoms with E-state index < -0.39 is 10.0 Å². The zero-order valence-corrected chi connectivity index (χ0v) is 14.3. The second-order valence-corrected chi connectivity index (χ2v) is 9.10. The van der Waals surface area contributed by atoms with E-state index in [-0.39, 0.29) is 5.75 Å². The number of sulfonamides is 1. The van der Waals surface area contributed by atoms with Gasteiger partial charge in [0, 0.05) is 29.4 Å². The number of nitrogens with two attached hydrogens (primary N) is 1. The topological polar surface area (TPSA) is 63.4 Å². The van der Waals surface area contributed by atoms with Crippen molar-refractivity contribution in [3.05, 3.63) is 24.3 Å². The van der Waals surface area contributed by atoms with Gasteiger partial charge in [-0.2, -0.15) is 0 Å². The van der Waals surface area contributed by atoms with E-state index in [4.69, 9.17) is 5.73 Å². The van der Waals surface area contributed by atoms with Crippen molar-refractivity contribution in [3.63, 3.8) is 0 Å². The van der Waals surface area contributed by atoms with Gasteiger partial charge in [-0.05, 0) is 36.5 Å². The number of nitrogen functional groups attached to an aromatic ring is 1. The van der Waals surface area contributed by atoms with Crippen LogP contribution in [0.15, 0.2) is 29.2 Å². The van der Waals surface area contributed by atoms with Gasteiger partial charge in [-0.1, -0.05) is 19.9 Å². The van der Waals surface area contributed by atoms with Crippen molar-refractivity contribution < 1.29 is 8.42 Å². The maximum atomic E-state index is 12.4. The number of nitrogens with zero attached hydrogens (tertiary/aromatic N) is 1. The highest BCUT2D eigenvalue weighted by Crippen LogP contribution is 2.26. The Morgan fingerprint density at radius 3 is 2.76 bits per heavy atom. The van der Waals surface area contributed by atoms with Crippen LogP contribution in [-0.2, 0) is 10.0 Å². The monoisotopic (exact) mass is 328 g/mol. The van der Waals surface area contributed by atoms with Crippen LogP contribution in [0, 0.1) is 11.8 Å². The minimum absolute atomic E-state index is 0.188. The largest absolute Gasteiger partial charge is 0.399 e. The highest BCUT2D eigenvalue weighted by atomic mass is 32.2. The summed E-state index contributed by atoms with van der Waals surface area (Å²) >= 11 is 1.54. The number of benzene rings is 1. The molecule has 1 aromatic rings. The molecule has 2 N–H and O–H groups in total. The van der Waals surface area contributed by atoms with Crippen LogP contribution in [0.3, 0.4) is 0 Å².